The maximum absolute atomic E-state index is 13.9. The molecule has 0 saturated carbocycles. The molecule has 0 bridgehead atoms. The van der Waals surface area contributed by atoms with Crippen LogP contribution in [0.2, 0.25) is 0 Å². The van der Waals surface area contributed by atoms with Crippen LogP contribution in [0.5, 0.6) is 0 Å². The Morgan fingerprint density at radius 3 is 2.76 bits per heavy atom. The van der Waals surface area contributed by atoms with E-state index in [1.807, 2.05) is 6.92 Å². The van der Waals surface area contributed by atoms with Gasteiger partial charge in [-0.3, -0.25) is 11.3 Å². The highest BCUT2D eigenvalue weighted by molar-refractivity contribution is 9.10. The molecule has 0 saturated heterocycles. The van der Waals surface area contributed by atoms with Crippen LogP contribution in [-0.2, 0) is 4.74 Å². The standard InChI is InChI=1S/C12H18BrFN2O/c1-8(17-2)6-7-11(16-15)9-4-3-5-10(13)12(9)14/h3-5,8,11,16H,6-7,15H2,1-2H3. The second-order valence-electron chi connectivity index (χ2n) is 3.99. The van der Waals surface area contributed by atoms with Crippen LogP contribution in [-0.4, -0.2) is 13.2 Å². The number of hydrazine groups is 1. The summed E-state index contributed by atoms with van der Waals surface area (Å²) in [6.07, 6.45) is 1.68. The zero-order valence-electron chi connectivity index (χ0n) is 10.0. The monoisotopic (exact) mass is 304 g/mol. The maximum Gasteiger partial charge on any atom is 0.142 e. The Labute approximate surface area is 110 Å². The molecule has 1 aromatic rings. The molecule has 1 aromatic carbocycles. The molecular weight excluding hydrogens is 287 g/mol. The minimum Gasteiger partial charge on any atom is -0.382 e. The Morgan fingerprint density at radius 1 is 1.47 bits per heavy atom. The third kappa shape index (κ3) is 4.03. The number of rotatable bonds is 6. The summed E-state index contributed by atoms with van der Waals surface area (Å²) in [7, 11) is 1.66. The lowest BCUT2D eigenvalue weighted by atomic mass is 10.0. The van der Waals surface area contributed by atoms with E-state index in [0.29, 0.717) is 10.0 Å². The summed E-state index contributed by atoms with van der Waals surface area (Å²) in [5.74, 6) is 5.22. The Kier molecular flexibility index (Phi) is 6.05. The first-order valence-electron chi connectivity index (χ1n) is 5.53. The largest absolute Gasteiger partial charge is 0.382 e. The number of hydrogen-bond donors (Lipinski definition) is 2. The lowest BCUT2D eigenvalue weighted by Gasteiger charge is -2.19. The van der Waals surface area contributed by atoms with E-state index >= 15 is 0 Å². The average molecular weight is 305 g/mol. The quantitative estimate of drug-likeness (QED) is 0.627. The number of benzene rings is 1. The highest BCUT2D eigenvalue weighted by Gasteiger charge is 2.16. The van der Waals surface area contributed by atoms with Gasteiger partial charge >= 0.3 is 0 Å². The van der Waals surface area contributed by atoms with E-state index in [0.717, 1.165) is 12.8 Å². The van der Waals surface area contributed by atoms with Gasteiger partial charge in [-0.25, -0.2) is 4.39 Å². The van der Waals surface area contributed by atoms with Crippen molar-refractivity contribution in [3.8, 4) is 0 Å². The maximum atomic E-state index is 13.9. The van der Waals surface area contributed by atoms with Crippen LogP contribution in [0.1, 0.15) is 31.4 Å². The molecule has 0 aliphatic heterocycles. The smallest absolute Gasteiger partial charge is 0.142 e. The molecule has 5 heteroatoms. The molecule has 0 radical (unpaired) electrons. The van der Waals surface area contributed by atoms with Crippen molar-refractivity contribution >= 4 is 15.9 Å². The third-order valence-electron chi connectivity index (χ3n) is 2.82. The van der Waals surface area contributed by atoms with Crippen molar-refractivity contribution in [1.29, 1.82) is 0 Å². The molecule has 2 atom stereocenters. The van der Waals surface area contributed by atoms with Gasteiger partial charge in [0.05, 0.1) is 10.6 Å². The zero-order valence-corrected chi connectivity index (χ0v) is 11.6. The summed E-state index contributed by atoms with van der Waals surface area (Å²) in [4.78, 5) is 0. The minimum atomic E-state index is -0.263. The van der Waals surface area contributed by atoms with Gasteiger partial charge in [0.15, 0.2) is 0 Å². The Morgan fingerprint density at radius 2 is 2.18 bits per heavy atom. The lowest BCUT2D eigenvalue weighted by molar-refractivity contribution is 0.106. The Bertz CT molecular complexity index is 362. The summed E-state index contributed by atoms with van der Waals surface area (Å²) in [5.41, 5.74) is 3.22. The first-order valence-corrected chi connectivity index (χ1v) is 6.32. The molecule has 3 N–H and O–H groups in total. The van der Waals surface area contributed by atoms with Crippen molar-refractivity contribution in [2.75, 3.05) is 7.11 Å². The molecule has 0 amide bonds. The molecule has 1 rings (SSSR count). The molecule has 0 heterocycles. The number of methoxy groups -OCH3 is 1. The van der Waals surface area contributed by atoms with E-state index in [1.165, 1.54) is 0 Å². The number of nitrogens with one attached hydrogen (secondary N) is 1. The van der Waals surface area contributed by atoms with Gasteiger partial charge in [0.1, 0.15) is 5.82 Å². The van der Waals surface area contributed by atoms with E-state index in [9.17, 15) is 4.39 Å². The van der Waals surface area contributed by atoms with Crippen LogP contribution in [0, 0.1) is 5.82 Å². The topological polar surface area (TPSA) is 47.3 Å². The highest BCUT2D eigenvalue weighted by atomic mass is 79.9. The van der Waals surface area contributed by atoms with Crippen molar-refractivity contribution in [2.45, 2.75) is 31.9 Å². The molecule has 0 spiro atoms. The summed E-state index contributed by atoms with van der Waals surface area (Å²) < 4.78 is 19.5. The van der Waals surface area contributed by atoms with Gasteiger partial charge in [-0.2, -0.15) is 0 Å². The molecule has 3 nitrogen and oxygen atoms in total. The van der Waals surface area contributed by atoms with Crippen LogP contribution in [0.15, 0.2) is 22.7 Å². The lowest BCUT2D eigenvalue weighted by Crippen LogP contribution is -2.29. The molecule has 2 unspecified atom stereocenters. The van der Waals surface area contributed by atoms with Crippen LogP contribution in [0.25, 0.3) is 0 Å². The van der Waals surface area contributed by atoms with E-state index in [4.69, 9.17) is 10.6 Å². The van der Waals surface area contributed by atoms with E-state index < -0.39 is 0 Å². The average Bonchev–Trinajstić information content (AvgIpc) is 2.34. The molecule has 0 aliphatic rings. The highest BCUT2D eigenvalue weighted by Crippen LogP contribution is 2.26. The van der Waals surface area contributed by atoms with Gasteiger partial charge in [0, 0.05) is 18.7 Å². The predicted molar refractivity (Wildman–Crippen MR) is 69.9 cm³/mol. The zero-order chi connectivity index (χ0) is 12.8. The number of hydrogen-bond acceptors (Lipinski definition) is 3. The van der Waals surface area contributed by atoms with Crippen LogP contribution < -0.4 is 11.3 Å². The number of nitrogens with two attached hydrogens (primary N) is 1. The van der Waals surface area contributed by atoms with E-state index in [2.05, 4.69) is 21.4 Å². The second-order valence-corrected chi connectivity index (χ2v) is 4.84. The predicted octanol–water partition coefficient (Wildman–Crippen LogP) is 2.91. The van der Waals surface area contributed by atoms with Gasteiger partial charge < -0.3 is 4.74 Å². The normalized spacial score (nSPS) is 14.6. The van der Waals surface area contributed by atoms with Crippen molar-refractivity contribution in [3.05, 3.63) is 34.1 Å². The Hall–Kier alpha value is -0.490. The second kappa shape index (κ2) is 7.06. The van der Waals surface area contributed by atoms with E-state index in [1.54, 1.807) is 25.3 Å². The summed E-state index contributed by atoms with van der Waals surface area (Å²) >= 11 is 3.17. The fourth-order valence-electron chi connectivity index (χ4n) is 1.64. The molecule has 96 valence electrons. The van der Waals surface area contributed by atoms with Gasteiger partial charge in [0.25, 0.3) is 0 Å². The molecule has 0 aliphatic carbocycles. The van der Waals surface area contributed by atoms with Crippen LogP contribution >= 0.6 is 15.9 Å². The summed E-state index contributed by atoms with van der Waals surface area (Å²) in [6.45, 7) is 1.98. The van der Waals surface area contributed by atoms with Crippen LogP contribution in [0.3, 0.4) is 0 Å². The SMILES string of the molecule is COC(C)CCC(NN)c1cccc(Br)c1F. The fraction of sp³-hybridized carbons (Fsp3) is 0.500. The fourth-order valence-corrected chi connectivity index (χ4v) is 2.02. The first-order chi connectivity index (χ1) is 8.10. The Balaban J connectivity index is 2.76. The van der Waals surface area contributed by atoms with Crippen molar-refractivity contribution < 1.29 is 9.13 Å². The molecule has 0 fully saturated rings. The van der Waals surface area contributed by atoms with Gasteiger partial charge in [-0.15, -0.1) is 0 Å². The summed E-state index contributed by atoms with van der Waals surface area (Å²) in [6, 6.07) is 5.00. The molecule has 17 heavy (non-hydrogen) atoms. The first kappa shape index (κ1) is 14.6. The molecule has 0 aromatic heterocycles. The van der Waals surface area contributed by atoms with Crippen molar-refractivity contribution in [1.82, 2.24) is 5.43 Å². The third-order valence-corrected chi connectivity index (χ3v) is 3.43. The van der Waals surface area contributed by atoms with E-state index in [-0.39, 0.29) is 18.0 Å². The van der Waals surface area contributed by atoms with Gasteiger partial charge in [0.2, 0.25) is 0 Å². The summed E-state index contributed by atoms with van der Waals surface area (Å²) in [5, 5.41) is 0. The number of halogens is 2. The van der Waals surface area contributed by atoms with Crippen molar-refractivity contribution in [3.63, 3.8) is 0 Å². The van der Waals surface area contributed by atoms with Crippen molar-refractivity contribution in [2.24, 2.45) is 5.84 Å². The van der Waals surface area contributed by atoms with Gasteiger partial charge in [-0.1, -0.05) is 12.1 Å². The van der Waals surface area contributed by atoms with Crippen LogP contribution in [0.4, 0.5) is 4.39 Å². The number of ether oxygens (including phenoxy) is 1. The molecular formula is C12H18BrFN2O. The minimum absolute atomic E-state index is 0.140. The van der Waals surface area contributed by atoms with Gasteiger partial charge in [-0.05, 0) is 41.8 Å².